The minimum Gasteiger partial charge on any atom is -0.457 e. The second-order valence-electron chi connectivity index (χ2n) is 20.1. The van der Waals surface area contributed by atoms with E-state index in [0.29, 0.717) is 6.67 Å². The molecule has 0 unspecified atom stereocenters. The summed E-state index contributed by atoms with van der Waals surface area (Å²) in [5, 5.41) is 2.44. The van der Waals surface area contributed by atoms with Gasteiger partial charge in [-0.15, -0.1) is 0 Å². The third-order valence-electron chi connectivity index (χ3n) is 13.7. The molecule has 0 radical (unpaired) electrons. The van der Waals surface area contributed by atoms with Crippen molar-refractivity contribution in [2.45, 2.75) is 52.4 Å². The van der Waals surface area contributed by atoms with Crippen molar-refractivity contribution >= 4 is 55.6 Å². The molecule has 11 aromatic rings. The predicted molar refractivity (Wildman–Crippen MR) is 283 cm³/mol. The summed E-state index contributed by atoms with van der Waals surface area (Å²) < 4.78 is 11.9. The number of anilines is 4. The van der Waals surface area contributed by atoms with E-state index < -0.39 is 0 Å². The lowest BCUT2D eigenvalue weighted by Crippen LogP contribution is -2.24. The molecule has 4 heterocycles. The molecule has 332 valence electrons. The monoisotopic (exact) mass is 883 g/mol. The van der Waals surface area contributed by atoms with E-state index in [4.69, 9.17) is 9.72 Å². The molecule has 3 aromatic heterocycles. The third kappa shape index (κ3) is 6.81. The molecule has 6 nitrogen and oxygen atoms in total. The Morgan fingerprint density at radius 3 is 1.69 bits per heavy atom. The van der Waals surface area contributed by atoms with Crippen LogP contribution in [0.3, 0.4) is 0 Å². The molecular weight excluding hydrogens is 831 g/mol. The minimum absolute atomic E-state index is 0.0466. The Morgan fingerprint density at radius 1 is 0.456 bits per heavy atom. The predicted octanol–water partition coefficient (Wildman–Crippen LogP) is 16.5. The van der Waals surface area contributed by atoms with Gasteiger partial charge in [-0.1, -0.05) is 163 Å². The maximum atomic E-state index is 7.11. The summed E-state index contributed by atoms with van der Waals surface area (Å²) in [7, 11) is 0. The summed E-state index contributed by atoms with van der Waals surface area (Å²) in [5.74, 6) is 2.41. The SMILES string of the molecule is CC(C)(C)c1ccnc(-n2c3cc(Oc4cccc(N5CN(c6c(-c7ccccc7)cccc6-c6ccccc6)c6ccccc65)c4)cc4c3c3c2ccc(C(C)(C)C)c3n4-c2ccccc2)c1. The topological polar surface area (TPSA) is 38.5 Å². The van der Waals surface area contributed by atoms with Gasteiger partial charge in [-0.05, 0) is 87.7 Å². The lowest BCUT2D eigenvalue weighted by atomic mass is 9.85. The van der Waals surface area contributed by atoms with Crippen molar-refractivity contribution in [3.63, 3.8) is 0 Å². The average molecular weight is 884 g/mol. The lowest BCUT2D eigenvalue weighted by molar-refractivity contribution is 0.484. The zero-order valence-corrected chi connectivity index (χ0v) is 39.4. The molecule has 0 amide bonds. The van der Waals surface area contributed by atoms with Crippen LogP contribution in [0.5, 0.6) is 11.5 Å². The molecule has 0 atom stereocenters. The van der Waals surface area contributed by atoms with Crippen LogP contribution in [0.2, 0.25) is 0 Å². The Labute approximate surface area is 398 Å². The van der Waals surface area contributed by atoms with Gasteiger partial charge in [0.1, 0.15) is 24.0 Å². The molecule has 0 bridgehead atoms. The second kappa shape index (κ2) is 15.8. The highest BCUT2D eigenvalue weighted by molar-refractivity contribution is 6.26. The molecule has 1 aliphatic rings. The zero-order chi connectivity index (χ0) is 46.3. The van der Waals surface area contributed by atoms with Crippen molar-refractivity contribution in [3.8, 4) is 45.3 Å². The highest BCUT2D eigenvalue weighted by Crippen LogP contribution is 2.51. The van der Waals surface area contributed by atoms with E-state index in [1.54, 1.807) is 0 Å². The number of pyridine rings is 1. The number of aromatic nitrogens is 3. The van der Waals surface area contributed by atoms with E-state index in [2.05, 4.69) is 255 Å². The molecular formula is C62H53N5O. The first kappa shape index (κ1) is 41.3. The maximum absolute atomic E-state index is 7.11. The van der Waals surface area contributed by atoms with Crippen molar-refractivity contribution in [1.29, 1.82) is 0 Å². The Morgan fingerprint density at radius 2 is 1.04 bits per heavy atom. The first-order chi connectivity index (χ1) is 33.0. The maximum Gasteiger partial charge on any atom is 0.137 e. The van der Waals surface area contributed by atoms with E-state index in [-0.39, 0.29) is 10.8 Å². The van der Waals surface area contributed by atoms with E-state index in [0.717, 1.165) is 56.6 Å². The third-order valence-corrected chi connectivity index (χ3v) is 13.7. The molecule has 0 saturated heterocycles. The van der Waals surface area contributed by atoms with Crippen molar-refractivity contribution in [2.24, 2.45) is 0 Å². The van der Waals surface area contributed by atoms with Crippen molar-refractivity contribution in [1.82, 2.24) is 14.1 Å². The Kier molecular flexibility index (Phi) is 9.59. The molecule has 1 aliphatic heterocycles. The minimum atomic E-state index is -0.117. The Balaban J connectivity index is 1.01. The van der Waals surface area contributed by atoms with Crippen molar-refractivity contribution < 1.29 is 4.74 Å². The van der Waals surface area contributed by atoms with Crippen LogP contribution in [0.4, 0.5) is 22.7 Å². The Hall–Kier alpha value is -8.09. The number of fused-ring (bicyclic) bond motifs is 1. The van der Waals surface area contributed by atoms with Crippen LogP contribution >= 0.6 is 0 Å². The summed E-state index contributed by atoms with van der Waals surface area (Å²) in [6.07, 6.45) is 1.95. The number of hydrogen-bond donors (Lipinski definition) is 0. The fraction of sp³-hybridized carbons (Fsp3) is 0.145. The first-order valence-electron chi connectivity index (χ1n) is 23.6. The van der Waals surface area contributed by atoms with Gasteiger partial charge in [-0.25, -0.2) is 4.98 Å². The van der Waals surface area contributed by atoms with Crippen molar-refractivity contribution in [2.75, 3.05) is 16.5 Å². The highest BCUT2D eigenvalue weighted by Gasteiger charge is 2.33. The molecule has 12 rings (SSSR count). The van der Waals surface area contributed by atoms with Gasteiger partial charge in [0, 0.05) is 57.7 Å². The van der Waals surface area contributed by atoms with Gasteiger partial charge in [0.2, 0.25) is 0 Å². The zero-order valence-electron chi connectivity index (χ0n) is 39.4. The molecule has 0 saturated carbocycles. The van der Waals surface area contributed by atoms with Gasteiger partial charge >= 0.3 is 0 Å². The van der Waals surface area contributed by atoms with E-state index in [9.17, 15) is 0 Å². The van der Waals surface area contributed by atoms with Crippen LogP contribution in [0.1, 0.15) is 52.7 Å². The standard InChI is InChI=1S/C62H53N5O/c1-61(2,3)43-34-35-63-56(36-43)67-53-33-32-50(62(4,5)6)60-58(53)57-54(66(60)44-24-14-9-15-25-44)38-47(39-55(57)67)68-46-27-18-26-45(37-46)64-40-65(52-31-17-16-30-51(52)64)59-48(41-20-10-7-11-21-41)28-19-29-49(59)42-22-12-8-13-23-42/h7-39H,40H2,1-6H3. The number of benzene rings is 8. The van der Waals surface area contributed by atoms with E-state index >= 15 is 0 Å². The van der Waals surface area contributed by atoms with Gasteiger partial charge in [-0.3, -0.25) is 4.57 Å². The van der Waals surface area contributed by atoms with Gasteiger partial charge in [-0.2, -0.15) is 0 Å². The van der Waals surface area contributed by atoms with E-state index in [1.807, 2.05) is 6.20 Å². The van der Waals surface area contributed by atoms with E-state index in [1.165, 1.54) is 55.4 Å². The van der Waals surface area contributed by atoms with Gasteiger partial charge in [0.25, 0.3) is 0 Å². The molecule has 6 heteroatoms. The quantitative estimate of drug-likeness (QED) is 0.152. The van der Waals surface area contributed by atoms with Crippen LogP contribution in [-0.2, 0) is 10.8 Å². The van der Waals surface area contributed by atoms with Crippen LogP contribution in [0.25, 0.3) is 66.6 Å². The van der Waals surface area contributed by atoms with Crippen LogP contribution in [-0.4, -0.2) is 20.8 Å². The number of ether oxygens (including phenoxy) is 1. The number of hydrogen-bond acceptors (Lipinski definition) is 4. The van der Waals surface area contributed by atoms with Crippen LogP contribution in [0, 0.1) is 0 Å². The normalized spacial score (nSPS) is 13.0. The lowest BCUT2D eigenvalue weighted by Gasteiger charge is -2.27. The first-order valence-corrected chi connectivity index (χ1v) is 23.6. The Bertz CT molecular complexity index is 3590. The molecule has 0 aliphatic carbocycles. The summed E-state index contributed by atoms with van der Waals surface area (Å²) in [5.41, 5.74) is 17.2. The van der Waals surface area contributed by atoms with Crippen LogP contribution < -0.4 is 14.5 Å². The number of rotatable bonds is 8. The van der Waals surface area contributed by atoms with Gasteiger partial charge in [0.05, 0.1) is 39.1 Å². The fourth-order valence-electron chi connectivity index (χ4n) is 10.5. The molecule has 68 heavy (non-hydrogen) atoms. The number of nitrogens with zero attached hydrogens (tertiary/aromatic N) is 5. The molecule has 8 aromatic carbocycles. The highest BCUT2D eigenvalue weighted by atomic mass is 16.5. The summed E-state index contributed by atoms with van der Waals surface area (Å²) in [4.78, 5) is 9.93. The van der Waals surface area contributed by atoms with Crippen molar-refractivity contribution in [3.05, 3.63) is 211 Å². The molecule has 0 fully saturated rings. The van der Waals surface area contributed by atoms with Crippen LogP contribution in [0.15, 0.2) is 200 Å². The fourth-order valence-corrected chi connectivity index (χ4v) is 10.5. The summed E-state index contributed by atoms with van der Waals surface area (Å²) >= 11 is 0. The average Bonchev–Trinajstić information content (AvgIpc) is 4.02. The van der Waals surface area contributed by atoms with Gasteiger partial charge in [0.15, 0.2) is 0 Å². The summed E-state index contributed by atoms with van der Waals surface area (Å²) in [6, 6.07) is 69.7. The molecule has 0 spiro atoms. The smallest absolute Gasteiger partial charge is 0.137 e. The molecule has 0 N–H and O–H groups in total. The summed E-state index contributed by atoms with van der Waals surface area (Å²) in [6.45, 7) is 14.3. The van der Waals surface area contributed by atoms with Gasteiger partial charge < -0.3 is 19.1 Å². The largest absolute Gasteiger partial charge is 0.457 e. The second-order valence-corrected chi connectivity index (χ2v) is 20.1. The number of para-hydroxylation sites is 4.